The highest BCUT2D eigenvalue weighted by Crippen LogP contribution is 2.32. The van der Waals surface area contributed by atoms with Crippen molar-refractivity contribution >= 4 is 11.6 Å². The van der Waals surface area contributed by atoms with Gasteiger partial charge in [0.05, 0.1) is 0 Å². The van der Waals surface area contributed by atoms with E-state index in [-0.39, 0.29) is 0 Å². The molecule has 3 rings (SSSR count). The van der Waals surface area contributed by atoms with Gasteiger partial charge in [-0.15, -0.1) is 0 Å². The Kier molecular flexibility index (Phi) is 4.65. The van der Waals surface area contributed by atoms with Gasteiger partial charge in [-0.05, 0) is 81.4 Å². The van der Waals surface area contributed by atoms with Crippen molar-refractivity contribution in [3.05, 3.63) is 34.3 Å². The third-order valence-corrected chi connectivity index (χ3v) is 5.15. The average Bonchev–Trinajstić information content (AvgIpc) is 2.86. The zero-order chi connectivity index (χ0) is 13.9. The molecule has 1 aromatic rings. The Morgan fingerprint density at radius 3 is 2.90 bits per heavy atom. The summed E-state index contributed by atoms with van der Waals surface area (Å²) in [6.07, 6.45) is 5.06. The van der Waals surface area contributed by atoms with E-state index in [2.05, 4.69) is 35.5 Å². The third-order valence-electron chi connectivity index (χ3n) is 4.82. The maximum Gasteiger partial charge on any atom is 0.0444 e. The summed E-state index contributed by atoms with van der Waals surface area (Å²) in [5, 5.41) is 4.47. The zero-order valence-electron chi connectivity index (χ0n) is 12.4. The fraction of sp³-hybridized carbons (Fsp3) is 0.647. The van der Waals surface area contributed by atoms with Crippen molar-refractivity contribution < 1.29 is 0 Å². The first-order chi connectivity index (χ1) is 9.72. The van der Waals surface area contributed by atoms with Crippen LogP contribution in [0.3, 0.4) is 0 Å². The first kappa shape index (κ1) is 14.4. The van der Waals surface area contributed by atoms with Crippen LogP contribution in [0, 0.1) is 5.92 Å². The second-order valence-electron chi connectivity index (χ2n) is 6.52. The highest BCUT2D eigenvalue weighted by molar-refractivity contribution is 6.31. The molecular weight excluding hydrogens is 268 g/mol. The van der Waals surface area contributed by atoms with Crippen LogP contribution in [0.5, 0.6) is 0 Å². The largest absolute Gasteiger partial charge is 0.316 e. The number of nitrogens with zero attached hydrogens (tertiary/aromatic N) is 1. The van der Waals surface area contributed by atoms with Crippen LogP contribution >= 0.6 is 11.6 Å². The molecule has 1 N–H and O–H groups in total. The molecule has 20 heavy (non-hydrogen) atoms. The predicted octanol–water partition coefficient (Wildman–Crippen LogP) is 3.30. The van der Waals surface area contributed by atoms with Gasteiger partial charge in [0, 0.05) is 11.6 Å². The second kappa shape index (κ2) is 6.46. The first-order valence-electron chi connectivity index (χ1n) is 7.90. The lowest BCUT2D eigenvalue weighted by molar-refractivity contribution is 0.376. The van der Waals surface area contributed by atoms with E-state index >= 15 is 0 Å². The number of likely N-dealkylation sites (tertiary alicyclic amines) is 1. The van der Waals surface area contributed by atoms with Crippen LogP contribution in [0.25, 0.3) is 0 Å². The normalized spacial score (nSPS) is 27.9. The summed E-state index contributed by atoms with van der Waals surface area (Å²) in [6.45, 7) is 4.68. The van der Waals surface area contributed by atoms with Gasteiger partial charge in [-0.3, -0.25) is 0 Å². The Morgan fingerprint density at radius 1 is 1.35 bits per heavy atom. The van der Waals surface area contributed by atoms with E-state index in [1.807, 2.05) is 0 Å². The molecule has 2 aliphatic rings. The molecule has 2 saturated heterocycles. The molecule has 2 unspecified atom stereocenters. The van der Waals surface area contributed by atoms with Gasteiger partial charge in [-0.1, -0.05) is 23.7 Å². The van der Waals surface area contributed by atoms with Crippen molar-refractivity contribution in [2.24, 2.45) is 5.92 Å². The Balaban J connectivity index is 1.67. The maximum absolute atomic E-state index is 6.54. The van der Waals surface area contributed by atoms with E-state index in [4.69, 9.17) is 11.6 Å². The molecular formula is C17H25ClN2. The third kappa shape index (κ3) is 3.36. The number of piperidine rings is 1. The van der Waals surface area contributed by atoms with Crippen LogP contribution in [-0.4, -0.2) is 38.1 Å². The average molecular weight is 293 g/mol. The van der Waals surface area contributed by atoms with Crippen molar-refractivity contribution in [1.82, 2.24) is 10.2 Å². The molecule has 2 fully saturated rings. The van der Waals surface area contributed by atoms with E-state index in [1.54, 1.807) is 0 Å². The van der Waals surface area contributed by atoms with Crippen molar-refractivity contribution in [3.8, 4) is 0 Å². The summed E-state index contributed by atoms with van der Waals surface area (Å²) in [7, 11) is 2.19. The minimum atomic E-state index is 0.623. The van der Waals surface area contributed by atoms with Crippen LogP contribution in [0.15, 0.2) is 18.2 Å². The summed E-state index contributed by atoms with van der Waals surface area (Å²) in [5.74, 6) is 1.40. The molecule has 110 valence electrons. The summed E-state index contributed by atoms with van der Waals surface area (Å²) >= 11 is 6.54. The fourth-order valence-electron chi connectivity index (χ4n) is 3.65. The Morgan fingerprint density at radius 2 is 2.25 bits per heavy atom. The van der Waals surface area contributed by atoms with Crippen molar-refractivity contribution in [2.75, 3.05) is 33.2 Å². The molecule has 0 radical (unpaired) electrons. The molecule has 0 saturated carbocycles. The Bertz CT molecular complexity index is 454. The molecule has 2 heterocycles. The molecule has 0 aliphatic carbocycles. The standard InChI is InChI=1S/C17H25ClN2/c1-20-8-6-15(12-20)16-5-4-13(10-17(16)18)9-14-3-2-7-19-11-14/h4-5,10,14-15,19H,2-3,6-9,11-12H2,1H3. The number of nitrogens with one attached hydrogen (secondary N) is 1. The van der Waals surface area contributed by atoms with Crippen LogP contribution in [-0.2, 0) is 6.42 Å². The number of halogens is 1. The van der Waals surface area contributed by atoms with Gasteiger partial charge in [0.25, 0.3) is 0 Å². The van der Waals surface area contributed by atoms with Gasteiger partial charge < -0.3 is 10.2 Å². The molecule has 0 amide bonds. The van der Waals surface area contributed by atoms with Gasteiger partial charge in [0.15, 0.2) is 0 Å². The Hall–Kier alpha value is -0.570. The smallest absolute Gasteiger partial charge is 0.0444 e. The summed E-state index contributed by atoms with van der Waals surface area (Å²) < 4.78 is 0. The maximum atomic E-state index is 6.54. The van der Waals surface area contributed by atoms with Gasteiger partial charge in [-0.25, -0.2) is 0 Å². The highest BCUT2D eigenvalue weighted by atomic mass is 35.5. The number of rotatable bonds is 3. The second-order valence-corrected chi connectivity index (χ2v) is 6.93. The molecule has 2 nitrogen and oxygen atoms in total. The van der Waals surface area contributed by atoms with Gasteiger partial charge in [0.2, 0.25) is 0 Å². The highest BCUT2D eigenvalue weighted by Gasteiger charge is 2.23. The van der Waals surface area contributed by atoms with Crippen LogP contribution in [0.2, 0.25) is 5.02 Å². The van der Waals surface area contributed by atoms with Crippen LogP contribution in [0.1, 0.15) is 36.3 Å². The van der Waals surface area contributed by atoms with Crippen molar-refractivity contribution in [2.45, 2.75) is 31.6 Å². The van der Waals surface area contributed by atoms with Crippen molar-refractivity contribution in [1.29, 1.82) is 0 Å². The van der Waals surface area contributed by atoms with Gasteiger partial charge in [0.1, 0.15) is 0 Å². The molecule has 0 aromatic heterocycles. The SMILES string of the molecule is CN1CCC(c2ccc(CC3CCCNC3)cc2Cl)C1. The van der Waals surface area contributed by atoms with Gasteiger partial charge >= 0.3 is 0 Å². The predicted molar refractivity (Wildman–Crippen MR) is 85.6 cm³/mol. The van der Waals surface area contributed by atoms with E-state index in [0.717, 1.165) is 30.5 Å². The minimum Gasteiger partial charge on any atom is -0.316 e. The molecule has 1 aromatic carbocycles. The molecule has 2 atom stereocenters. The van der Waals surface area contributed by atoms with Crippen molar-refractivity contribution in [3.63, 3.8) is 0 Å². The minimum absolute atomic E-state index is 0.623. The lowest BCUT2D eigenvalue weighted by Crippen LogP contribution is -2.30. The fourth-order valence-corrected chi connectivity index (χ4v) is 4.01. The number of benzene rings is 1. The van der Waals surface area contributed by atoms with Gasteiger partial charge in [-0.2, -0.15) is 0 Å². The van der Waals surface area contributed by atoms with E-state index in [0.29, 0.717) is 5.92 Å². The lowest BCUT2D eigenvalue weighted by Gasteiger charge is -2.23. The Labute approximate surface area is 127 Å². The van der Waals surface area contributed by atoms with E-state index in [1.165, 1.54) is 43.5 Å². The molecule has 3 heteroatoms. The quantitative estimate of drug-likeness (QED) is 0.919. The van der Waals surface area contributed by atoms with E-state index in [9.17, 15) is 0 Å². The summed E-state index contributed by atoms with van der Waals surface area (Å²) in [4.78, 5) is 2.39. The number of likely N-dealkylation sites (N-methyl/N-ethyl adjacent to an activating group) is 1. The molecule has 0 spiro atoms. The lowest BCUT2D eigenvalue weighted by atomic mass is 9.90. The molecule has 2 aliphatic heterocycles. The monoisotopic (exact) mass is 292 g/mol. The van der Waals surface area contributed by atoms with E-state index < -0.39 is 0 Å². The topological polar surface area (TPSA) is 15.3 Å². The number of hydrogen-bond donors (Lipinski definition) is 1. The number of hydrogen-bond acceptors (Lipinski definition) is 2. The summed E-state index contributed by atoms with van der Waals surface area (Å²) in [6, 6.07) is 6.79. The zero-order valence-corrected chi connectivity index (χ0v) is 13.1. The first-order valence-corrected chi connectivity index (χ1v) is 8.28. The summed E-state index contributed by atoms with van der Waals surface area (Å²) in [5.41, 5.74) is 2.75. The van der Waals surface area contributed by atoms with Crippen LogP contribution in [0.4, 0.5) is 0 Å². The molecule has 0 bridgehead atoms. The van der Waals surface area contributed by atoms with Crippen LogP contribution < -0.4 is 5.32 Å².